The number of hydrogen-bond acceptors (Lipinski definition) is 7. The zero-order chi connectivity index (χ0) is 21.2. The molecule has 31 heavy (non-hydrogen) atoms. The summed E-state index contributed by atoms with van der Waals surface area (Å²) in [5.41, 5.74) is 5.41. The molecule has 0 saturated carbocycles. The first kappa shape index (κ1) is 20.0. The zero-order valence-corrected chi connectivity index (χ0v) is 18.7. The second kappa shape index (κ2) is 8.64. The number of nitrogens with zero attached hydrogens (tertiary/aromatic N) is 4. The number of nitrogens with one attached hydrogen (secondary N) is 1. The van der Waals surface area contributed by atoms with Crippen molar-refractivity contribution in [2.24, 2.45) is 0 Å². The van der Waals surface area contributed by atoms with E-state index in [0.29, 0.717) is 5.65 Å². The fraction of sp³-hybridized carbons (Fsp3) is 0.217. The summed E-state index contributed by atoms with van der Waals surface area (Å²) in [6, 6.07) is 16.3. The predicted octanol–water partition coefficient (Wildman–Crippen LogP) is 4.69. The van der Waals surface area contributed by atoms with Crippen molar-refractivity contribution in [3.63, 3.8) is 0 Å². The topological polar surface area (TPSA) is 71.0 Å². The van der Waals surface area contributed by atoms with Crippen LogP contribution in [0.25, 0.3) is 10.3 Å². The highest BCUT2D eigenvalue weighted by atomic mass is 32.2. The van der Waals surface area contributed by atoms with Gasteiger partial charge in [-0.15, -0.1) is 0 Å². The highest BCUT2D eigenvalue weighted by Crippen LogP contribution is 2.35. The van der Waals surface area contributed by atoms with E-state index in [4.69, 9.17) is 4.98 Å². The van der Waals surface area contributed by atoms with Gasteiger partial charge in [0.15, 0.2) is 10.8 Å². The molecule has 0 saturated heterocycles. The minimum Gasteiger partial charge on any atom is -0.343 e. The molecule has 1 N–H and O–H groups in total. The Hall–Kier alpha value is -2.97. The molecule has 156 valence electrons. The molecule has 5 rings (SSSR count). The smallest absolute Gasteiger partial charge is 0.234 e. The Bertz CT molecular complexity index is 1240. The molecule has 0 unspecified atom stereocenters. The molecule has 0 spiro atoms. The van der Waals surface area contributed by atoms with Gasteiger partial charge in [0.25, 0.3) is 0 Å². The van der Waals surface area contributed by atoms with Crippen molar-refractivity contribution < 1.29 is 4.79 Å². The highest BCUT2D eigenvalue weighted by molar-refractivity contribution is 8.00. The van der Waals surface area contributed by atoms with Gasteiger partial charge < -0.3 is 10.2 Å². The largest absolute Gasteiger partial charge is 0.343 e. The summed E-state index contributed by atoms with van der Waals surface area (Å²) in [5.74, 6) is 0.225. The maximum atomic E-state index is 12.4. The summed E-state index contributed by atoms with van der Waals surface area (Å²) < 4.78 is 0.935. The fourth-order valence-corrected chi connectivity index (χ4v) is 5.50. The van der Waals surface area contributed by atoms with Crippen LogP contribution in [0.15, 0.2) is 59.9 Å². The Morgan fingerprint density at radius 1 is 1.13 bits per heavy atom. The van der Waals surface area contributed by atoms with Crippen LogP contribution in [0.5, 0.6) is 0 Å². The Morgan fingerprint density at radius 2 is 1.94 bits per heavy atom. The lowest BCUT2D eigenvalue weighted by atomic mass is 10.0. The molecule has 1 aliphatic heterocycles. The quantitative estimate of drug-likeness (QED) is 0.354. The van der Waals surface area contributed by atoms with Crippen molar-refractivity contribution in [1.82, 2.24) is 15.0 Å². The van der Waals surface area contributed by atoms with E-state index in [0.717, 1.165) is 45.6 Å². The minimum absolute atomic E-state index is 0.0574. The van der Waals surface area contributed by atoms with Crippen LogP contribution in [0.2, 0.25) is 0 Å². The number of aromatic nitrogens is 3. The minimum atomic E-state index is -0.0574. The van der Waals surface area contributed by atoms with Gasteiger partial charge in [-0.1, -0.05) is 65.1 Å². The van der Waals surface area contributed by atoms with Gasteiger partial charge >= 0.3 is 0 Å². The standard InChI is InChI=1S/C23H21N5OS2/c1-15-6-8-18(9-7-15)26-19(29)13-30-22-20-21(24-14-25-22)27-23(31-20)28-11-10-16-4-2-3-5-17(16)12-28/h2-9,14H,10-13H2,1H3,(H,26,29). The van der Waals surface area contributed by atoms with E-state index in [1.54, 1.807) is 11.3 Å². The lowest BCUT2D eigenvalue weighted by Gasteiger charge is -2.28. The molecule has 1 amide bonds. The lowest BCUT2D eigenvalue weighted by molar-refractivity contribution is -0.113. The van der Waals surface area contributed by atoms with Crippen LogP contribution in [-0.4, -0.2) is 33.2 Å². The molecule has 4 aromatic rings. The summed E-state index contributed by atoms with van der Waals surface area (Å²) >= 11 is 3.02. The third kappa shape index (κ3) is 4.40. The number of amides is 1. The van der Waals surface area contributed by atoms with Crippen LogP contribution in [0, 0.1) is 6.92 Å². The van der Waals surface area contributed by atoms with Crippen molar-refractivity contribution in [3.05, 3.63) is 71.5 Å². The fourth-order valence-electron chi connectivity index (χ4n) is 3.59. The number of carbonyl (C=O) groups excluding carboxylic acids is 1. The van der Waals surface area contributed by atoms with Crippen LogP contribution in [0.4, 0.5) is 10.8 Å². The van der Waals surface area contributed by atoms with Gasteiger partial charge in [-0.05, 0) is 36.6 Å². The summed E-state index contributed by atoms with van der Waals surface area (Å²) in [4.78, 5) is 28.2. The molecule has 1 aliphatic rings. The molecular weight excluding hydrogens is 426 g/mol. The van der Waals surface area contributed by atoms with Crippen LogP contribution in [0.1, 0.15) is 16.7 Å². The van der Waals surface area contributed by atoms with E-state index in [2.05, 4.69) is 44.5 Å². The van der Waals surface area contributed by atoms with Crippen LogP contribution in [0.3, 0.4) is 0 Å². The van der Waals surface area contributed by atoms with Crippen LogP contribution >= 0.6 is 23.1 Å². The van der Waals surface area contributed by atoms with Gasteiger partial charge in [-0.3, -0.25) is 4.79 Å². The third-order valence-corrected chi connectivity index (χ3v) is 7.45. The lowest BCUT2D eigenvalue weighted by Crippen LogP contribution is -2.30. The number of hydrogen-bond donors (Lipinski definition) is 1. The van der Waals surface area contributed by atoms with Crippen molar-refractivity contribution in [2.75, 3.05) is 22.5 Å². The van der Waals surface area contributed by atoms with Crippen molar-refractivity contribution in [3.8, 4) is 0 Å². The Labute approximate surface area is 188 Å². The molecule has 3 heterocycles. The average molecular weight is 448 g/mol. The monoisotopic (exact) mass is 447 g/mol. The number of anilines is 2. The zero-order valence-electron chi connectivity index (χ0n) is 17.0. The van der Waals surface area contributed by atoms with E-state index < -0.39 is 0 Å². The second-order valence-electron chi connectivity index (χ2n) is 7.47. The summed E-state index contributed by atoms with van der Waals surface area (Å²) in [6.45, 7) is 3.81. The molecule has 6 nitrogen and oxygen atoms in total. The number of benzene rings is 2. The van der Waals surface area contributed by atoms with Gasteiger partial charge in [0.1, 0.15) is 16.1 Å². The van der Waals surface area contributed by atoms with Gasteiger partial charge in [0.2, 0.25) is 5.91 Å². The highest BCUT2D eigenvalue weighted by Gasteiger charge is 2.21. The molecule has 0 radical (unpaired) electrons. The molecule has 0 bridgehead atoms. The first-order chi connectivity index (χ1) is 15.2. The molecule has 0 fully saturated rings. The molecular formula is C23H21N5OS2. The normalized spacial score (nSPS) is 13.3. The van der Waals surface area contributed by atoms with E-state index in [1.807, 2.05) is 31.2 Å². The first-order valence-electron chi connectivity index (χ1n) is 10.1. The molecule has 2 aromatic carbocycles. The van der Waals surface area contributed by atoms with Crippen molar-refractivity contribution in [2.45, 2.75) is 24.9 Å². The Kier molecular flexibility index (Phi) is 5.57. The molecule has 0 aliphatic carbocycles. The van der Waals surface area contributed by atoms with Crippen LogP contribution in [-0.2, 0) is 17.8 Å². The number of fused-ring (bicyclic) bond motifs is 2. The molecule has 8 heteroatoms. The van der Waals surface area contributed by atoms with Gasteiger partial charge in [0.05, 0.1) is 5.75 Å². The number of thioether (sulfide) groups is 1. The first-order valence-corrected chi connectivity index (χ1v) is 11.9. The summed E-state index contributed by atoms with van der Waals surface area (Å²) in [7, 11) is 0. The van der Waals surface area contributed by atoms with E-state index in [9.17, 15) is 4.79 Å². The maximum Gasteiger partial charge on any atom is 0.234 e. The van der Waals surface area contributed by atoms with Crippen LogP contribution < -0.4 is 10.2 Å². The molecule has 0 atom stereocenters. The number of thiazole rings is 1. The number of aryl methyl sites for hydroxylation is 1. The van der Waals surface area contributed by atoms with E-state index in [1.165, 1.54) is 29.2 Å². The Balaban J connectivity index is 1.30. The molecule has 2 aromatic heterocycles. The predicted molar refractivity (Wildman–Crippen MR) is 127 cm³/mol. The summed E-state index contributed by atoms with van der Waals surface area (Å²) in [5, 5.41) is 4.68. The maximum absolute atomic E-state index is 12.4. The summed E-state index contributed by atoms with van der Waals surface area (Å²) in [6.07, 6.45) is 2.54. The number of carbonyl (C=O) groups is 1. The van der Waals surface area contributed by atoms with Gasteiger partial charge in [-0.2, -0.15) is 4.98 Å². The van der Waals surface area contributed by atoms with E-state index >= 15 is 0 Å². The SMILES string of the molecule is Cc1ccc(NC(=O)CSc2ncnc3nc(N4CCc5ccccc5C4)sc23)cc1. The number of rotatable bonds is 5. The Morgan fingerprint density at radius 3 is 2.77 bits per heavy atom. The van der Waals surface area contributed by atoms with Gasteiger partial charge in [0, 0.05) is 18.8 Å². The van der Waals surface area contributed by atoms with Gasteiger partial charge in [-0.25, -0.2) is 9.97 Å². The second-order valence-corrected chi connectivity index (χ2v) is 9.41. The van der Waals surface area contributed by atoms with E-state index in [-0.39, 0.29) is 11.7 Å². The third-order valence-electron chi connectivity index (χ3n) is 5.22. The van der Waals surface area contributed by atoms with Crippen molar-refractivity contribution >= 4 is 50.2 Å². The average Bonchev–Trinajstić information content (AvgIpc) is 3.24. The van der Waals surface area contributed by atoms with Crippen molar-refractivity contribution in [1.29, 1.82) is 0 Å².